The average Bonchev–Trinajstić information content (AvgIpc) is 3.39. The number of methoxy groups -OCH3 is 1. The number of benzene rings is 1. The highest BCUT2D eigenvalue weighted by Gasteiger charge is 2.56. The quantitative estimate of drug-likeness (QED) is 0.376. The molecule has 178 valence electrons. The molecule has 1 saturated carbocycles. The molecular formula is C24H22BrN7O3. The molecule has 11 heteroatoms. The number of hydrogen-bond acceptors (Lipinski definition) is 7. The van der Waals surface area contributed by atoms with Crippen LogP contribution < -0.4 is 15.8 Å². The molecule has 1 aromatic carbocycles. The molecule has 1 saturated heterocycles. The minimum absolute atomic E-state index is 0.0196. The molecule has 0 spiro atoms. The molecule has 2 amide bonds. The molecule has 1 unspecified atom stereocenters. The zero-order valence-electron chi connectivity index (χ0n) is 18.8. The number of pyridine rings is 1. The van der Waals surface area contributed by atoms with Gasteiger partial charge in [-0.2, -0.15) is 0 Å². The lowest BCUT2D eigenvalue weighted by atomic mass is 10.1. The first-order chi connectivity index (χ1) is 16.9. The van der Waals surface area contributed by atoms with Gasteiger partial charge in [0.05, 0.1) is 18.0 Å². The van der Waals surface area contributed by atoms with Crippen molar-refractivity contribution < 1.29 is 14.3 Å². The van der Waals surface area contributed by atoms with Crippen LogP contribution in [0.15, 0.2) is 47.3 Å². The maximum Gasteiger partial charge on any atom is 0.248 e. The largest absolute Gasteiger partial charge is 0.497 e. The molecule has 3 atom stereocenters. The number of piperidine rings is 1. The zero-order chi connectivity index (χ0) is 24.3. The van der Waals surface area contributed by atoms with Crippen molar-refractivity contribution in [3.8, 4) is 5.75 Å². The normalized spacial score (nSPS) is 20.7. The van der Waals surface area contributed by atoms with E-state index in [0.29, 0.717) is 45.4 Å². The highest BCUT2D eigenvalue weighted by molar-refractivity contribution is 9.10. The van der Waals surface area contributed by atoms with E-state index in [1.165, 1.54) is 6.33 Å². The summed E-state index contributed by atoms with van der Waals surface area (Å²) < 4.78 is 7.86. The highest BCUT2D eigenvalue weighted by atomic mass is 79.9. The first-order valence-corrected chi connectivity index (χ1v) is 12.0. The molecule has 2 fully saturated rings. The molecule has 0 radical (unpaired) electrons. The summed E-state index contributed by atoms with van der Waals surface area (Å²) in [5.74, 6) is 1.42. The fourth-order valence-electron chi connectivity index (χ4n) is 5.15. The van der Waals surface area contributed by atoms with Gasteiger partial charge < -0.3 is 25.3 Å². The molecule has 3 aromatic heterocycles. The van der Waals surface area contributed by atoms with E-state index in [-0.39, 0.29) is 24.4 Å². The van der Waals surface area contributed by atoms with Gasteiger partial charge in [0, 0.05) is 17.5 Å². The third-order valence-corrected chi connectivity index (χ3v) is 7.27. The Labute approximate surface area is 208 Å². The van der Waals surface area contributed by atoms with Crippen LogP contribution in [0.3, 0.4) is 0 Å². The number of carbonyl (C=O) groups excluding carboxylic acids is 2. The third-order valence-electron chi connectivity index (χ3n) is 6.83. The van der Waals surface area contributed by atoms with Gasteiger partial charge in [-0.15, -0.1) is 0 Å². The number of likely N-dealkylation sites (tertiary alicyclic amines) is 1. The number of ether oxygens (including phenoxy) is 1. The third kappa shape index (κ3) is 3.66. The number of nitrogens with one attached hydrogen (secondary N) is 1. The summed E-state index contributed by atoms with van der Waals surface area (Å²) >= 11 is 3.32. The van der Waals surface area contributed by atoms with Crippen molar-refractivity contribution in [3.05, 3.63) is 47.3 Å². The Hall–Kier alpha value is -3.73. The van der Waals surface area contributed by atoms with Gasteiger partial charge in [-0.1, -0.05) is 6.07 Å². The van der Waals surface area contributed by atoms with Gasteiger partial charge in [-0.3, -0.25) is 9.59 Å². The Balaban J connectivity index is 1.33. The monoisotopic (exact) mass is 535 g/mol. The van der Waals surface area contributed by atoms with E-state index in [2.05, 4.69) is 36.2 Å². The highest BCUT2D eigenvalue weighted by Crippen LogP contribution is 2.48. The molecule has 0 bridgehead atoms. The van der Waals surface area contributed by atoms with Crippen LogP contribution in [-0.2, 0) is 16.1 Å². The van der Waals surface area contributed by atoms with Crippen LogP contribution in [0.1, 0.15) is 12.8 Å². The van der Waals surface area contributed by atoms with Crippen molar-refractivity contribution in [2.45, 2.75) is 31.5 Å². The molecule has 4 heterocycles. The molecule has 1 aliphatic heterocycles. The van der Waals surface area contributed by atoms with Crippen molar-refractivity contribution in [1.29, 1.82) is 0 Å². The topological polar surface area (TPSA) is 128 Å². The Bertz CT molecular complexity index is 1500. The van der Waals surface area contributed by atoms with Crippen LogP contribution in [0.2, 0.25) is 0 Å². The first kappa shape index (κ1) is 21.8. The Morgan fingerprint density at radius 3 is 2.89 bits per heavy atom. The van der Waals surface area contributed by atoms with Crippen molar-refractivity contribution in [2.24, 2.45) is 5.92 Å². The van der Waals surface area contributed by atoms with Crippen LogP contribution >= 0.6 is 15.9 Å². The second-order valence-corrected chi connectivity index (χ2v) is 9.69. The summed E-state index contributed by atoms with van der Waals surface area (Å²) in [6.07, 6.45) is 2.95. The number of anilines is 2. The van der Waals surface area contributed by atoms with Crippen LogP contribution in [0.4, 0.5) is 11.6 Å². The van der Waals surface area contributed by atoms with Crippen molar-refractivity contribution in [1.82, 2.24) is 24.4 Å². The smallest absolute Gasteiger partial charge is 0.248 e. The molecular weight excluding hydrogens is 514 g/mol. The number of nitrogens with two attached hydrogens (primary N) is 1. The van der Waals surface area contributed by atoms with Crippen molar-refractivity contribution in [2.75, 3.05) is 18.2 Å². The predicted molar refractivity (Wildman–Crippen MR) is 134 cm³/mol. The van der Waals surface area contributed by atoms with Crippen LogP contribution in [-0.4, -0.2) is 55.4 Å². The molecule has 4 aromatic rings. The van der Waals surface area contributed by atoms with E-state index in [0.717, 1.165) is 17.3 Å². The van der Waals surface area contributed by atoms with Crippen LogP contribution in [0.5, 0.6) is 5.75 Å². The number of aromatic nitrogens is 4. The lowest BCUT2D eigenvalue weighted by Crippen LogP contribution is -2.46. The van der Waals surface area contributed by atoms with E-state index in [1.807, 2.05) is 22.8 Å². The summed E-state index contributed by atoms with van der Waals surface area (Å²) in [6.45, 7) is 0.0196. The Kier molecular flexibility index (Phi) is 5.10. The number of carbonyl (C=O) groups is 2. The summed E-state index contributed by atoms with van der Waals surface area (Å²) in [7, 11) is 1.59. The number of halogens is 1. The molecule has 2 aliphatic rings. The summed E-state index contributed by atoms with van der Waals surface area (Å²) in [6, 6.07) is 10.4. The standard InChI is InChI=1S/C24H22BrN7O3/c1-35-13-5-6-14-16(9-13)31(23-21(14)22(26)27-11-28-23)10-20(33)32-15-7-12(15)8-17(32)24(34)30-19-4-2-3-18(25)29-19/h2-6,9,11-12,15,17H,7-8,10H2,1H3,(H2,26,27,28)(H,29,30,34)/t12-,15?,17+/m1/s1. The lowest BCUT2D eigenvalue weighted by Gasteiger charge is -2.27. The van der Waals surface area contributed by atoms with Gasteiger partial charge in [0.2, 0.25) is 11.8 Å². The number of nitrogen functional groups attached to an aromatic ring is 1. The van der Waals surface area contributed by atoms with Gasteiger partial charge in [-0.05, 0) is 59.0 Å². The fraction of sp³-hybridized carbons (Fsp3) is 0.292. The van der Waals surface area contributed by atoms with Crippen LogP contribution in [0, 0.1) is 5.92 Å². The van der Waals surface area contributed by atoms with Gasteiger partial charge in [-0.25, -0.2) is 15.0 Å². The van der Waals surface area contributed by atoms with Gasteiger partial charge in [0.25, 0.3) is 0 Å². The maximum atomic E-state index is 13.7. The van der Waals surface area contributed by atoms with E-state index < -0.39 is 6.04 Å². The number of fused-ring (bicyclic) bond motifs is 4. The summed E-state index contributed by atoms with van der Waals surface area (Å²) in [5, 5.41) is 4.39. The Morgan fingerprint density at radius 2 is 2.09 bits per heavy atom. The second-order valence-electron chi connectivity index (χ2n) is 8.88. The minimum atomic E-state index is -0.547. The van der Waals surface area contributed by atoms with Gasteiger partial charge >= 0.3 is 0 Å². The molecule has 10 nitrogen and oxygen atoms in total. The minimum Gasteiger partial charge on any atom is -0.497 e. The summed E-state index contributed by atoms with van der Waals surface area (Å²) in [4.78, 5) is 41.4. The lowest BCUT2D eigenvalue weighted by molar-refractivity contribution is -0.138. The average molecular weight is 536 g/mol. The molecule has 6 rings (SSSR count). The number of amides is 2. The SMILES string of the molecule is COc1ccc2c3c(N)ncnc3n(CC(=O)N3C4C[C@@H]4C[C@H]3C(=O)Nc3cccc(Br)n3)c2c1. The Morgan fingerprint density at radius 1 is 1.23 bits per heavy atom. The van der Waals surface area contributed by atoms with Crippen LogP contribution in [0.25, 0.3) is 21.9 Å². The van der Waals surface area contributed by atoms with E-state index in [4.69, 9.17) is 10.5 Å². The van der Waals surface area contributed by atoms with Crippen molar-refractivity contribution in [3.63, 3.8) is 0 Å². The predicted octanol–water partition coefficient (Wildman–Crippen LogP) is 2.96. The number of nitrogens with zero attached hydrogens (tertiary/aromatic N) is 5. The zero-order valence-corrected chi connectivity index (χ0v) is 20.4. The first-order valence-electron chi connectivity index (χ1n) is 11.3. The molecule has 3 N–H and O–H groups in total. The number of rotatable bonds is 5. The molecule has 1 aliphatic carbocycles. The molecule has 35 heavy (non-hydrogen) atoms. The van der Waals surface area contributed by atoms with Crippen molar-refractivity contribution >= 4 is 61.3 Å². The van der Waals surface area contributed by atoms with Gasteiger partial charge in [0.15, 0.2) is 0 Å². The fourth-order valence-corrected chi connectivity index (χ4v) is 5.50. The number of hydrogen-bond donors (Lipinski definition) is 2. The second kappa shape index (κ2) is 8.19. The van der Waals surface area contributed by atoms with E-state index in [9.17, 15) is 9.59 Å². The van der Waals surface area contributed by atoms with E-state index >= 15 is 0 Å². The maximum absolute atomic E-state index is 13.7. The van der Waals surface area contributed by atoms with E-state index in [1.54, 1.807) is 30.2 Å². The van der Waals surface area contributed by atoms with Gasteiger partial charge in [0.1, 0.15) is 46.5 Å². The summed E-state index contributed by atoms with van der Waals surface area (Å²) in [5.41, 5.74) is 7.52.